The predicted molar refractivity (Wildman–Crippen MR) is 139 cm³/mol. The standard InChI is InChI=1S/C28H34N2O4/c1-3-5-7-11-18-30-24-20-22(29-25(31)17-14-21-12-9-8-10-13-21)15-16-23(24)27(26(32)28(30)33)34-19-6-4-2/h8-10,12-17,20,32H,3-7,11,18-19H2,1-2H3,(H,29,31)/b17-14+. The van der Waals surface area contributed by atoms with E-state index in [2.05, 4.69) is 19.2 Å². The Morgan fingerprint density at radius 3 is 2.53 bits per heavy atom. The van der Waals surface area contributed by atoms with Gasteiger partial charge in [-0.05, 0) is 42.7 Å². The van der Waals surface area contributed by atoms with Crippen molar-refractivity contribution in [3.63, 3.8) is 0 Å². The number of aryl methyl sites for hydroxylation is 1. The number of hydrogen-bond donors (Lipinski definition) is 2. The number of carbonyl (C=O) groups is 1. The molecular weight excluding hydrogens is 428 g/mol. The van der Waals surface area contributed by atoms with Gasteiger partial charge in [-0.1, -0.05) is 69.9 Å². The van der Waals surface area contributed by atoms with Gasteiger partial charge >= 0.3 is 0 Å². The van der Waals surface area contributed by atoms with Crippen molar-refractivity contribution in [3.8, 4) is 11.5 Å². The summed E-state index contributed by atoms with van der Waals surface area (Å²) >= 11 is 0. The average molecular weight is 463 g/mol. The SMILES string of the molecule is CCCCCCn1c(=O)c(O)c(OCCCC)c2ccc(NC(=O)/C=C/c3ccccc3)cc21. The van der Waals surface area contributed by atoms with Gasteiger partial charge in [0.15, 0.2) is 5.75 Å². The van der Waals surface area contributed by atoms with Crippen molar-refractivity contribution in [2.24, 2.45) is 0 Å². The van der Waals surface area contributed by atoms with E-state index in [1.165, 1.54) is 6.08 Å². The highest BCUT2D eigenvalue weighted by atomic mass is 16.5. The Bertz CT molecular complexity index is 1180. The second-order valence-corrected chi connectivity index (χ2v) is 8.36. The summed E-state index contributed by atoms with van der Waals surface area (Å²) in [7, 11) is 0. The van der Waals surface area contributed by atoms with Crippen LogP contribution in [0.25, 0.3) is 17.0 Å². The van der Waals surface area contributed by atoms with E-state index in [0.29, 0.717) is 29.7 Å². The largest absolute Gasteiger partial charge is 0.500 e. The molecule has 0 unspecified atom stereocenters. The van der Waals surface area contributed by atoms with Crippen LogP contribution in [-0.4, -0.2) is 22.2 Å². The van der Waals surface area contributed by atoms with Crippen LogP contribution in [0.5, 0.6) is 11.5 Å². The van der Waals surface area contributed by atoms with Crippen LogP contribution in [0.2, 0.25) is 0 Å². The van der Waals surface area contributed by atoms with E-state index in [4.69, 9.17) is 4.74 Å². The van der Waals surface area contributed by atoms with Crippen molar-refractivity contribution >= 4 is 28.6 Å². The van der Waals surface area contributed by atoms with Gasteiger partial charge in [0.2, 0.25) is 11.7 Å². The molecule has 0 saturated carbocycles. The van der Waals surface area contributed by atoms with Gasteiger partial charge in [0, 0.05) is 23.7 Å². The fourth-order valence-electron chi connectivity index (χ4n) is 3.79. The lowest BCUT2D eigenvalue weighted by Gasteiger charge is -2.17. The van der Waals surface area contributed by atoms with Crippen LogP contribution >= 0.6 is 0 Å². The molecule has 6 heteroatoms. The number of amides is 1. The minimum Gasteiger partial charge on any atom is -0.500 e. The van der Waals surface area contributed by atoms with E-state index in [9.17, 15) is 14.7 Å². The number of unbranched alkanes of at least 4 members (excludes halogenated alkanes) is 4. The first-order valence-corrected chi connectivity index (χ1v) is 12.1. The van der Waals surface area contributed by atoms with Crippen molar-refractivity contribution < 1.29 is 14.6 Å². The van der Waals surface area contributed by atoms with Gasteiger partial charge in [0.05, 0.1) is 12.1 Å². The minimum atomic E-state index is -0.469. The van der Waals surface area contributed by atoms with Gasteiger partial charge in [0.1, 0.15) is 0 Å². The minimum absolute atomic E-state index is 0.208. The van der Waals surface area contributed by atoms with Crippen LogP contribution in [-0.2, 0) is 11.3 Å². The highest BCUT2D eigenvalue weighted by Gasteiger charge is 2.18. The molecule has 0 fully saturated rings. The van der Waals surface area contributed by atoms with E-state index < -0.39 is 5.56 Å². The fraction of sp³-hybridized carbons (Fsp3) is 0.357. The quantitative estimate of drug-likeness (QED) is 0.251. The van der Waals surface area contributed by atoms with Crippen molar-refractivity contribution in [1.29, 1.82) is 0 Å². The van der Waals surface area contributed by atoms with Gasteiger partial charge in [0.25, 0.3) is 5.56 Å². The summed E-state index contributed by atoms with van der Waals surface area (Å²) in [4.78, 5) is 25.5. The number of anilines is 1. The van der Waals surface area contributed by atoms with Crippen LogP contribution in [0.15, 0.2) is 59.4 Å². The Kier molecular flexibility index (Phi) is 9.32. The molecule has 0 aliphatic carbocycles. The summed E-state index contributed by atoms with van der Waals surface area (Å²) in [5, 5.41) is 14.2. The second kappa shape index (κ2) is 12.6. The third-order valence-electron chi connectivity index (χ3n) is 5.67. The molecule has 6 nitrogen and oxygen atoms in total. The summed E-state index contributed by atoms with van der Waals surface area (Å²) < 4.78 is 7.40. The lowest BCUT2D eigenvalue weighted by molar-refractivity contribution is -0.111. The van der Waals surface area contributed by atoms with Gasteiger partial charge in [-0.2, -0.15) is 0 Å². The summed E-state index contributed by atoms with van der Waals surface area (Å²) in [6.45, 7) is 5.10. The van der Waals surface area contributed by atoms with E-state index in [1.54, 1.807) is 28.8 Å². The Morgan fingerprint density at radius 1 is 1.03 bits per heavy atom. The van der Waals surface area contributed by atoms with E-state index in [-0.39, 0.29) is 17.4 Å². The maximum atomic E-state index is 13.0. The molecule has 180 valence electrons. The predicted octanol–water partition coefficient (Wildman–Crippen LogP) is 6.12. The zero-order valence-corrected chi connectivity index (χ0v) is 20.0. The van der Waals surface area contributed by atoms with Gasteiger partial charge in [-0.15, -0.1) is 0 Å². The molecule has 0 atom stereocenters. The summed E-state index contributed by atoms with van der Waals surface area (Å²) in [6.07, 6.45) is 9.01. The van der Waals surface area contributed by atoms with Crippen LogP contribution < -0.4 is 15.6 Å². The lowest BCUT2D eigenvalue weighted by Crippen LogP contribution is -2.21. The summed E-state index contributed by atoms with van der Waals surface area (Å²) in [6, 6.07) is 14.9. The Balaban J connectivity index is 1.93. The van der Waals surface area contributed by atoms with Gasteiger partial charge in [-0.25, -0.2) is 0 Å². The zero-order chi connectivity index (χ0) is 24.3. The number of benzene rings is 2. The first-order valence-electron chi connectivity index (χ1n) is 12.1. The van der Waals surface area contributed by atoms with E-state index in [0.717, 1.165) is 44.1 Å². The van der Waals surface area contributed by atoms with Gasteiger partial charge < -0.3 is 19.7 Å². The number of carbonyl (C=O) groups excluding carboxylic acids is 1. The molecule has 2 aromatic carbocycles. The normalized spacial score (nSPS) is 11.2. The van der Waals surface area contributed by atoms with Crippen molar-refractivity contribution in [2.45, 2.75) is 58.9 Å². The topological polar surface area (TPSA) is 80.6 Å². The molecule has 3 rings (SSSR count). The van der Waals surface area contributed by atoms with Crippen molar-refractivity contribution in [1.82, 2.24) is 4.57 Å². The van der Waals surface area contributed by atoms with Crippen LogP contribution in [0.1, 0.15) is 57.9 Å². The molecule has 0 aliphatic rings. The fourth-order valence-corrected chi connectivity index (χ4v) is 3.79. The number of hydrogen-bond acceptors (Lipinski definition) is 4. The lowest BCUT2D eigenvalue weighted by atomic mass is 10.1. The van der Waals surface area contributed by atoms with Gasteiger partial charge in [-0.3, -0.25) is 9.59 Å². The highest BCUT2D eigenvalue weighted by molar-refractivity contribution is 6.03. The monoisotopic (exact) mass is 462 g/mol. The third-order valence-corrected chi connectivity index (χ3v) is 5.67. The maximum Gasteiger partial charge on any atom is 0.297 e. The molecule has 0 aliphatic heterocycles. The molecule has 1 heterocycles. The van der Waals surface area contributed by atoms with Crippen LogP contribution in [0, 0.1) is 0 Å². The van der Waals surface area contributed by atoms with Crippen LogP contribution in [0.3, 0.4) is 0 Å². The molecule has 0 bridgehead atoms. The molecule has 0 radical (unpaired) electrons. The van der Waals surface area contributed by atoms with Crippen molar-refractivity contribution in [3.05, 3.63) is 70.5 Å². The van der Waals surface area contributed by atoms with E-state index in [1.807, 2.05) is 30.3 Å². The molecule has 1 amide bonds. The molecule has 34 heavy (non-hydrogen) atoms. The van der Waals surface area contributed by atoms with E-state index >= 15 is 0 Å². The molecule has 2 N–H and O–H groups in total. The number of pyridine rings is 1. The molecular formula is C28H34N2O4. The van der Waals surface area contributed by atoms with Crippen molar-refractivity contribution in [2.75, 3.05) is 11.9 Å². The first kappa shape index (κ1) is 25.1. The summed E-state index contributed by atoms with van der Waals surface area (Å²) in [5.41, 5.74) is 1.67. The first-order chi connectivity index (χ1) is 16.5. The second-order valence-electron chi connectivity index (χ2n) is 8.36. The number of nitrogens with one attached hydrogen (secondary N) is 1. The number of ether oxygens (including phenoxy) is 1. The number of aromatic hydroxyl groups is 1. The number of rotatable bonds is 12. The molecule has 0 saturated heterocycles. The molecule has 1 aromatic heterocycles. The number of nitrogens with zero attached hydrogens (tertiary/aromatic N) is 1. The maximum absolute atomic E-state index is 13.0. The number of aromatic nitrogens is 1. The smallest absolute Gasteiger partial charge is 0.297 e. The Labute approximate surface area is 200 Å². The zero-order valence-electron chi connectivity index (χ0n) is 20.0. The number of fused-ring (bicyclic) bond motifs is 1. The average Bonchev–Trinajstić information content (AvgIpc) is 2.85. The van der Waals surface area contributed by atoms with Crippen LogP contribution in [0.4, 0.5) is 5.69 Å². The summed E-state index contributed by atoms with van der Waals surface area (Å²) in [5.74, 6) is -0.417. The third kappa shape index (κ3) is 6.50. The Hall–Kier alpha value is -3.54. The highest BCUT2D eigenvalue weighted by Crippen LogP contribution is 2.34. The molecule has 3 aromatic rings. The molecule has 0 spiro atoms. The Morgan fingerprint density at radius 2 is 1.79 bits per heavy atom.